The molecule has 0 bridgehead atoms. The molecular weight excluding hydrogens is 210 g/mol. The van der Waals surface area contributed by atoms with Crippen LogP contribution in [0.2, 0.25) is 0 Å². The zero-order chi connectivity index (χ0) is 12.7. The molecule has 0 aliphatic heterocycles. The Labute approximate surface area is 106 Å². The predicted octanol–water partition coefficient (Wildman–Crippen LogP) is 3.03. The Morgan fingerprint density at radius 1 is 1.24 bits per heavy atom. The second-order valence-electron chi connectivity index (χ2n) is 5.44. The van der Waals surface area contributed by atoms with Crippen LogP contribution in [0.15, 0.2) is 12.4 Å². The lowest BCUT2D eigenvalue weighted by molar-refractivity contribution is 0.512. The van der Waals surface area contributed by atoms with Gasteiger partial charge in [0.05, 0.1) is 0 Å². The van der Waals surface area contributed by atoms with Gasteiger partial charge in [-0.05, 0) is 31.8 Å². The molecule has 1 rings (SSSR count). The van der Waals surface area contributed by atoms with E-state index < -0.39 is 0 Å². The number of nitrogens with one attached hydrogen (secondary N) is 1. The van der Waals surface area contributed by atoms with Crippen molar-refractivity contribution in [1.29, 1.82) is 0 Å². The molecule has 3 nitrogen and oxygen atoms in total. The van der Waals surface area contributed by atoms with Crippen molar-refractivity contribution in [2.75, 3.05) is 13.1 Å². The van der Waals surface area contributed by atoms with Crippen molar-refractivity contribution in [3.63, 3.8) is 0 Å². The molecule has 0 saturated carbocycles. The van der Waals surface area contributed by atoms with Crippen LogP contribution in [0.1, 0.15) is 52.3 Å². The molecule has 0 atom stereocenters. The number of rotatable bonds is 8. The van der Waals surface area contributed by atoms with Gasteiger partial charge in [-0.3, -0.25) is 0 Å². The summed E-state index contributed by atoms with van der Waals surface area (Å²) in [5.41, 5.74) is 0. The van der Waals surface area contributed by atoms with Gasteiger partial charge in [-0.25, -0.2) is 4.98 Å². The lowest BCUT2D eigenvalue weighted by atomic mass is 10.2. The lowest BCUT2D eigenvalue weighted by Gasteiger charge is -2.11. The number of aryl methyl sites for hydroxylation is 1. The van der Waals surface area contributed by atoms with Crippen LogP contribution in [0, 0.1) is 5.92 Å². The van der Waals surface area contributed by atoms with Crippen LogP contribution in [0.25, 0.3) is 0 Å². The molecule has 0 amide bonds. The molecular formula is C14H27N3. The Kier molecular flexibility index (Phi) is 6.27. The minimum atomic E-state index is 0.518. The highest BCUT2D eigenvalue weighted by Gasteiger charge is 2.05. The van der Waals surface area contributed by atoms with Crippen molar-refractivity contribution in [1.82, 2.24) is 14.9 Å². The zero-order valence-electron chi connectivity index (χ0n) is 11.7. The molecule has 0 spiro atoms. The van der Waals surface area contributed by atoms with Crippen molar-refractivity contribution in [2.24, 2.45) is 5.92 Å². The highest BCUT2D eigenvalue weighted by Crippen LogP contribution is 2.12. The first-order valence-electron chi connectivity index (χ1n) is 6.83. The number of unbranched alkanes of at least 4 members (excludes halogenated alkanes) is 1. The van der Waals surface area contributed by atoms with Gasteiger partial charge in [0.2, 0.25) is 0 Å². The van der Waals surface area contributed by atoms with E-state index in [0.29, 0.717) is 5.92 Å². The van der Waals surface area contributed by atoms with E-state index in [9.17, 15) is 0 Å². The maximum atomic E-state index is 4.40. The van der Waals surface area contributed by atoms with Crippen LogP contribution >= 0.6 is 0 Å². The second kappa shape index (κ2) is 7.49. The van der Waals surface area contributed by atoms with Gasteiger partial charge in [-0.15, -0.1) is 0 Å². The lowest BCUT2D eigenvalue weighted by Crippen LogP contribution is -2.21. The number of aromatic nitrogens is 2. The molecule has 0 unspecified atom stereocenters. The van der Waals surface area contributed by atoms with Crippen molar-refractivity contribution in [3.8, 4) is 0 Å². The third kappa shape index (κ3) is 5.35. The van der Waals surface area contributed by atoms with E-state index in [-0.39, 0.29) is 0 Å². The topological polar surface area (TPSA) is 29.9 Å². The van der Waals surface area contributed by atoms with Crippen LogP contribution in [-0.2, 0) is 6.54 Å². The standard InChI is InChI=1S/C14H27N3/c1-12(2)11-15-7-5-6-9-17-10-8-16-14(17)13(3)4/h8,10,12-13,15H,5-7,9,11H2,1-4H3. The van der Waals surface area contributed by atoms with Crippen LogP contribution in [0.4, 0.5) is 0 Å². The third-order valence-corrected chi connectivity index (χ3v) is 2.82. The average molecular weight is 237 g/mol. The summed E-state index contributed by atoms with van der Waals surface area (Å²) in [4.78, 5) is 4.40. The molecule has 1 N–H and O–H groups in total. The fourth-order valence-electron chi connectivity index (χ4n) is 1.93. The minimum Gasteiger partial charge on any atom is -0.335 e. The SMILES string of the molecule is CC(C)CNCCCCn1ccnc1C(C)C. The summed E-state index contributed by atoms with van der Waals surface area (Å²) in [5.74, 6) is 2.47. The van der Waals surface area contributed by atoms with Gasteiger partial charge in [0.1, 0.15) is 5.82 Å². The molecule has 1 heterocycles. The molecule has 3 heteroatoms. The summed E-state index contributed by atoms with van der Waals surface area (Å²) < 4.78 is 2.28. The summed E-state index contributed by atoms with van der Waals surface area (Å²) in [6.45, 7) is 12.2. The molecule has 0 aromatic carbocycles. The maximum Gasteiger partial charge on any atom is 0.111 e. The van der Waals surface area contributed by atoms with Gasteiger partial charge in [0.25, 0.3) is 0 Å². The maximum absolute atomic E-state index is 4.40. The quantitative estimate of drug-likeness (QED) is 0.704. The van der Waals surface area contributed by atoms with E-state index in [1.54, 1.807) is 0 Å². The van der Waals surface area contributed by atoms with E-state index in [2.05, 4.69) is 48.8 Å². The highest BCUT2D eigenvalue weighted by molar-refractivity contribution is 4.97. The number of hydrogen-bond acceptors (Lipinski definition) is 2. The van der Waals surface area contributed by atoms with E-state index in [1.165, 1.54) is 18.7 Å². The van der Waals surface area contributed by atoms with Gasteiger partial charge < -0.3 is 9.88 Å². The Morgan fingerprint density at radius 3 is 2.65 bits per heavy atom. The van der Waals surface area contributed by atoms with Crippen LogP contribution in [0.3, 0.4) is 0 Å². The summed E-state index contributed by atoms with van der Waals surface area (Å²) in [5, 5.41) is 3.48. The summed E-state index contributed by atoms with van der Waals surface area (Å²) in [7, 11) is 0. The van der Waals surface area contributed by atoms with Gasteiger partial charge >= 0.3 is 0 Å². The monoisotopic (exact) mass is 237 g/mol. The zero-order valence-corrected chi connectivity index (χ0v) is 11.7. The van der Waals surface area contributed by atoms with Crippen molar-refractivity contribution >= 4 is 0 Å². The van der Waals surface area contributed by atoms with E-state index in [1.807, 2.05) is 6.20 Å². The van der Waals surface area contributed by atoms with Gasteiger partial charge in [-0.1, -0.05) is 27.7 Å². The van der Waals surface area contributed by atoms with E-state index >= 15 is 0 Å². The second-order valence-corrected chi connectivity index (χ2v) is 5.44. The first-order valence-corrected chi connectivity index (χ1v) is 6.83. The first-order chi connectivity index (χ1) is 8.11. The Hall–Kier alpha value is -0.830. The van der Waals surface area contributed by atoms with Crippen molar-refractivity contribution < 1.29 is 0 Å². The number of imidazole rings is 1. The van der Waals surface area contributed by atoms with Crippen molar-refractivity contribution in [3.05, 3.63) is 18.2 Å². The Morgan fingerprint density at radius 2 is 2.00 bits per heavy atom. The molecule has 0 saturated heterocycles. The largest absolute Gasteiger partial charge is 0.335 e. The smallest absolute Gasteiger partial charge is 0.111 e. The van der Waals surface area contributed by atoms with Crippen molar-refractivity contribution in [2.45, 2.75) is 53.0 Å². The Balaban J connectivity index is 2.16. The van der Waals surface area contributed by atoms with Gasteiger partial charge in [0, 0.05) is 24.9 Å². The summed E-state index contributed by atoms with van der Waals surface area (Å²) >= 11 is 0. The first kappa shape index (κ1) is 14.2. The third-order valence-electron chi connectivity index (χ3n) is 2.82. The van der Waals surface area contributed by atoms with Crippen LogP contribution in [0.5, 0.6) is 0 Å². The number of nitrogens with zero attached hydrogens (tertiary/aromatic N) is 2. The van der Waals surface area contributed by atoms with E-state index in [0.717, 1.165) is 25.6 Å². The average Bonchev–Trinajstić information content (AvgIpc) is 2.71. The molecule has 1 aromatic heterocycles. The van der Waals surface area contributed by atoms with Crippen LogP contribution < -0.4 is 5.32 Å². The summed E-state index contributed by atoms with van der Waals surface area (Å²) in [6.07, 6.45) is 6.47. The minimum absolute atomic E-state index is 0.518. The predicted molar refractivity (Wildman–Crippen MR) is 73.3 cm³/mol. The van der Waals surface area contributed by atoms with Crippen LogP contribution in [-0.4, -0.2) is 22.6 Å². The molecule has 0 radical (unpaired) electrons. The molecule has 1 aromatic rings. The molecule has 0 aliphatic rings. The molecule has 98 valence electrons. The normalized spacial score (nSPS) is 11.6. The molecule has 0 fully saturated rings. The molecule has 0 aliphatic carbocycles. The fraction of sp³-hybridized carbons (Fsp3) is 0.786. The number of hydrogen-bond donors (Lipinski definition) is 1. The Bertz CT molecular complexity index is 302. The molecule has 17 heavy (non-hydrogen) atoms. The fourth-order valence-corrected chi connectivity index (χ4v) is 1.93. The van der Waals surface area contributed by atoms with Gasteiger partial charge in [0.15, 0.2) is 0 Å². The van der Waals surface area contributed by atoms with Gasteiger partial charge in [-0.2, -0.15) is 0 Å². The highest BCUT2D eigenvalue weighted by atomic mass is 15.1. The van der Waals surface area contributed by atoms with E-state index in [4.69, 9.17) is 0 Å². The summed E-state index contributed by atoms with van der Waals surface area (Å²) in [6, 6.07) is 0.